The lowest BCUT2D eigenvalue weighted by molar-refractivity contribution is -0.121. The van der Waals surface area contributed by atoms with Gasteiger partial charge in [0.1, 0.15) is 23.3 Å². The Morgan fingerprint density at radius 1 is 1.05 bits per heavy atom. The Hall–Kier alpha value is -4.07. The van der Waals surface area contributed by atoms with E-state index in [0.29, 0.717) is 25.1 Å². The molecule has 1 aliphatic heterocycles. The number of aryl methyl sites for hydroxylation is 1. The maximum Gasteiger partial charge on any atom is 0.319 e. The molecule has 205 valence electrons. The molecule has 8 heteroatoms. The van der Waals surface area contributed by atoms with Gasteiger partial charge in [-0.25, -0.2) is 5.32 Å². The van der Waals surface area contributed by atoms with E-state index in [0.717, 1.165) is 64.2 Å². The molecule has 3 N–H and O–H groups in total. The number of rotatable bonds is 14. The highest BCUT2D eigenvalue weighted by atomic mass is 16.5. The first-order valence-electron chi connectivity index (χ1n) is 13.6. The number of ether oxygens (including phenoxy) is 2. The molecular weight excluding hydrogens is 492 g/mol. The zero-order valence-electron chi connectivity index (χ0n) is 23.2. The molecule has 4 rings (SSSR count). The van der Waals surface area contributed by atoms with Crippen LogP contribution in [0.4, 0.5) is 0 Å². The predicted molar refractivity (Wildman–Crippen MR) is 155 cm³/mol. The quantitative estimate of drug-likeness (QED) is 0.260. The lowest BCUT2D eigenvalue weighted by Gasteiger charge is -2.16. The number of H-pyrrole nitrogens is 1. The zero-order valence-corrected chi connectivity index (χ0v) is 23.2. The number of ketones is 1. The number of Topliss-reactive ketones (excluding diaryl/α,β-unsaturated/α-hetero) is 1. The zero-order chi connectivity index (χ0) is 27.8. The Bertz CT molecular complexity index is 1390. The third kappa shape index (κ3) is 6.88. The fraction of sp³-hybridized carbons (Fsp3) is 0.387. The molecule has 3 aromatic rings. The van der Waals surface area contributed by atoms with Crippen molar-refractivity contribution >= 4 is 34.1 Å². The first-order chi connectivity index (χ1) is 18.9. The van der Waals surface area contributed by atoms with Crippen LogP contribution in [0.5, 0.6) is 11.5 Å². The SMILES string of the molecule is CCC(=O)CCCCCC(NC(=O)Cc1c(C)[nH]c2ccc(OC)cc12)C1=[N+]C=C(c2ccccc2OC)N1. The number of hydrogen-bond donors (Lipinski definition) is 3. The van der Waals surface area contributed by atoms with Gasteiger partial charge in [-0.3, -0.25) is 9.59 Å². The molecule has 2 heterocycles. The number of methoxy groups -OCH3 is 2. The van der Waals surface area contributed by atoms with Crippen LogP contribution in [-0.2, 0) is 16.0 Å². The van der Waals surface area contributed by atoms with E-state index in [1.807, 2.05) is 56.3 Å². The second kappa shape index (κ2) is 13.1. The molecule has 2 aromatic carbocycles. The number of unbranched alkanes of at least 4 members (excludes halogenated alkanes) is 2. The van der Waals surface area contributed by atoms with Crippen molar-refractivity contribution in [3.05, 3.63) is 65.5 Å². The summed E-state index contributed by atoms with van der Waals surface area (Å²) in [5.74, 6) is 2.41. The lowest BCUT2D eigenvalue weighted by Crippen LogP contribution is -2.47. The molecule has 1 radical (unpaired) electrons. The van der Waals surface area contributed by atoms with Crippen molar-refractivity contribution in [3.8, 4) is 11.5 Å². The molecule has 0 spiro atoms. The van der Waals surface area contributed by atoms with Gasteiger partial charge in [0.2, 0.25) is 5.91 Å². The van der Waals surface area contributed by atoms with Gasteiger partial charge < -0.3 is 19.8 Å². The normalized spacial score (nSPS) is 13.4. The Morgan fingerprint density at radius 3 is 2.64 bits per heavy atom. The van der Waals surface area contributed by atoms with E-state index in [1.165, 1.54) is 0 Å². The number of aromatic amines is 1. The minimum absolute atomic E-state index is 0.0803. The van der Waals surface area contributed by atoms with E-state index in [-0.39, 0.29) is 24.2 Å². The van der Waals surface area contributed by atoms with Gasteiger partial charge in [-0.15, -0.1) is 0 Å². The van der Waals surface area contributed by atoms with Crippen molar-refractivity contribution < 1.29 is 19.1 Å². The molecule has 0 bridgehead atoms. The molecule has 0 fully saturated rings. The summed E-state index contributed by atoms with van der Waals surface area (Å²) >= 11 is 0. The molecule has 0 saturated heterocycles. The summed E-state index contributed by atoms with van der Waals surface area (Å²) in [5, 5.41) is 7.61. The molecular formula is C31H38N4O4+. The van der Waals surface area contributed by atoms with Crippen molar-refractivity contribution in [2.75, 3.05) is 14.2 Å². The van der Waals surface area contributed by atoms with Crippen LogP contribution in [0.15, 0.2) is 48.7 Å². The number of fused-ring (bicyclic) bond motifs is 1. The Labute approximate surface area is 229 Å². The number of nitrogens with one attached hydrogen (secondary N) is 3. The first-order valence-corrected chi connectivity index (χ1v) is 13.6. The number of amides is 1. The highest BCUT2D eigenvalue weighted by molar-refractivity contribution is 6.00. The molecule has 1 aromatic heterocycles. The number of para-hydroxylation sites is 1. The summed E-state index contributed by atoms with van der Waals surface area (Å²) in [6, 6.07) is 13.3. The van der Waals surface area contributed by atoms with Gasteiger partial charge in [0.25, 0.3) is 0 Å². The van der Waals surface area contributed by atoms with E-state index in [4.69, 9.17) is 9.47 Å². The molecule has 1 unspecified atom stereocenters. The third-order valence-corrected chi connectivity index (χ3v) is 7.16. The van der Waals surface area contributed by atoms with Crippen molar-refractivity contribution in [3.63, 3.8) is 0 Å². The molecule has 8 nitrogen and oxygen atoms in total. The summed E-state index contributed by atoms with van der Waals surface area (Å²) in [6.07, 6.45) is 6.56. The molecule has 39 heavy (non-hydrogen) atoms. The fourth-order valence-corrected chi connectivity index (χ4v) is 4.94. The van der Waals surface area contributed by atoms with Crippen molar-refractivity contribution in [2.45, 2.75) is 64.8 Å². The smallest absolute Gasteiger partial charge is 0.319 e. The number of carbonyl (C=O) groups is 2. The van der Waals surface area contributed by atoms with E-state index < -0.39 is 0 Å². The number of benzene rings is 2. The second-order valence-electron chi connectivity index (χ2n) is 9.81. The number of hydrogen-bond acceptors (Lipinski definition) is 6. The highest BCUT2D eigenvalue weighted by Crippen LogP contribution is 2.27. The number of aliphatic imine (C=N–C) groups is 1. The van der Waals surface area contributed by atoms with E-state index >= 15 is 0 Å². The summed E-state index contributed by atoms with van der Waals surface area (Å²) in [7, 11) is 3.28. The van der Waals surface area contributed by atoms with E-state index in [2.05, 4.69) is 20.6 Å². The van der Waals surface area contributed by atoms with Crippen LogP contribution in [0.25, 0.3) is 16.6 Å². The van der Waals surface area contributed by atoms with Gasteiger partial charge >= 0.3 is 5.84 Å². The van der Waals surface area contributed by atoms with E-state index in [1.54, 1.807) is 20.4 Å². The Balaban J connectivity index is 1.46. The van der Waals surface area contributed by atoms with Gasteiger partial charge in [-0.1, -0.05) is 31.9 Å². The Morgan fingerprint density at radius 2 is 1.87 bits per heavy atom. The van der Waals surface area contributed by atoms with Crippen LogP contribution in [0.2, 0.25) is 0 Å². The summed E-state index contributed by atoms with van der Waals surface area (Å²) in [5.41, 5.74) is 4.62. The third-order valence-electron chi connectivity index (χ3n) is 7.16. The maximum atomic E-state index is 13.4. The van der Waals surface area contributed by atoms with Crippen LogP contribution in [0, 0.1) is 6.92 Å². The maximum absolute atomic E-state index is 13.4. The number of amidine groups is 1. The molecule has 1 amide bonds. The highest BCUT2D eigenvalue weighted by Gasteiger charge is 2.32. The van der Waals surface area contributed by atoms with Crippen LogP contribution in [0.3, 0.4) is 0 Å². The van der Waals surface area contributed by atoms with Gasteiger partial charge in [-0.05, 0) is 60.7 Å². The summed E-state index contributed by atoms with van der Waals surface area (Å²) < 4.78 is 10.9. The second-order valence-corrected chi connectivity index (χ2v) is 9.81. The topological polar surface area (TPSA) is 107 Å². The summed E-state index contributed by atoms with van der Waals surface area (Å²) in [6.45, 7) is 3.88. The standard InChI is InChI=1S/C31H38N4O4/c1-5-21(36)11-7-6-8-13-27(31-32-19-28(35-31)23-12-9-10-14-29(23)39-4)34-30(37)18-24-20(2)33-26-16-15-22(38-3)17-25(24)26/h9-10,12,14-17,19,27,33,35H,5-8,11,13,18H2,1-4H3,(H,34,37)/q+1. The molecule has 0 saturated carbocycles. The average Bonchev–Trinajstić information content (AvgIpc) is 3.56. The minimum atomic E-state index is -0.289. The van der Waals surface area contributed by atoms with Crippen molar-refractivity contribution in [2.24, 2.45) is 0 Å². The van der Waals surface area contributed by atoms with Crippen LogP contribution < -0.4 is 25.1 Å². The minimum Gasteiger partial charge on any atom is -0.497 e. The molecule has 1 atom stereocenters. The van der Waals surface area contributed by atoms with Gasteiger partial charge in [0, 0.05) is 29.4 Å². The van der Waals surface area contributed by atoms with Gasteiger partial charge in [-0.2, -0.15) is 0 Å². The van der Waals surface area contributed by atoms with Crippen molar-refractivity contribution in [1.29, 1.82) is 0 Å². The van der Waals surface area contributed by atoms with Gasteiger partial charge in [0.15, 0.2) is 11.9 Å². The largest absolute Gasteiger partial charge is 0.497 e. The monoisotopic (exact) mass is 530 g/mol. The predicted octanol–water partition coefficient (Wildman–Crippen LogP) is 4.79. The van der Waals surface area contributed by atoms with Crippen molar-refractivity contribution in [1.82, 2.24) is 20.6 Å². The Kier molecular flexibility index (Phi) is 9.41. The first kappa shape index (κ1) is 28.0. The van der Waals surface area contributed by atoms with Crippen LogP contribution in [0.1, 0.15) is 62.3 Å². The fourth-order valence-electron chi connectivity index (χ4n) is 4.94. The van der Waals surface area contributed by atoms with Crippen LogP contribution >= 0.6 is 0 Å². The number of nitrogens with zero attached hydrogens (tertiary/aromatic N) is 1. The molecule has 1 aliphatic rings. The van der Waals surface area contributed by atoms with Crippen LogP contribution in [-0.4, -0.2) is 42.8 Å². The number of carbonyl (C=O) groups excluding carboxylic acids is 2. The van der Waals surface area contributed by atoms with E-state index in [9.17, 15) is 9.59 Å². The summed E-state index contributed by atoms with van der Waals surface area (Å²) in [4.78, 5) is 33.1. The average molecular weight is 531 g/mol. The molecule has 0 aliphatic carbocycles. The lowest BCUT2D eigenvalue weighted by atomic mass is 10.0. The number of aromatic nitrogens is 1. The van der Waals surface area contributed by atoms with Gasteiger partial charge in [0.05, 0.1) is 26.2 Å².